The molecule has 0 aliphatic heterocycles. The minimum atomic E-state index is -3.55. The molecule has 31 heavy (non-hydrogen) atoms. The zero-order valence-electron chi connectivity index (χ0n) is 18.6. The average Bonchev–Trinajstić information content (AvgIpc) is 2.68. The molecule has 1 amide bonds. The fourth-order valence-corrected chi connectivity index (χ4v) is 4.59. The maximum Gasteiger partial charge on any atom is 0.252 e. The molecule has 164 valence electrons. The highest BCUT2D eigenvalue weighted by Crippen LogP contribution is 2.25. The van der Waals surface area contributed by atoms with Gasteiger partial charge < -0.3 is 5.32 Å². The van der Waals surface area contributed by atoms with Crippen molar-refractivity contribution in [3.05, 3.63) is 69.5 Å². The summed E-state index contributed by atoms with van der Waals surface area (Å²) in [4.78, 5) is 25.9. The summed E-state index contributed by atoms with van der Waals surface area (Å²) < 4.78 is 27.0. The lowest BCUT2D eigenvalue weighted by Gasteiger charge is -2.20. The van der Waals surface area contributed by atoms with Gasteiger partial charge in [0.15, 0.2) is 0 Å². The number of nitrogens with one attached hydrogen (secondary N) is 1. The molecule has 0 aliphatic carbocycles. The van der Waals surface area contributed by atoms with Crippen molar-refractivity contribution in [2.24, 2.45) is 0 Å². The van der Waals surface area contributed by atoms with Crippen molar-refractivity contribution in [1.29, 1.82) is 0 Å². The largest absolute Gasteiger partial charge is 0.324 e. The average molecular weight is 442 g/mol. The molecule has 2 aromatic carbocycles. The molecule has 0 saturated heterocycles. The Bertz CT molecular complexity index is 1320. The first-order valence-corrected chi connectivity index (χ1v) is 11.3. The summed E-state index contributed by atoms with van der Waals surface area (Å²) in [5.41, 5.74) is 3.83. The Morgan fingerprint density at radius 3 is 2.19 bits per heavy atom. The van der Waals surface area contributed by atoms with Crippen LogP contribution in [-0.2, 0) is 14.8 Å². The molecule has 1 N–H and O–H groups in total. The molecule has 8 heteroatoms. The van der Waals surface area contributed by atoms with Gasteiger partial charge in [-0.05, 0) is 69.2 Å². The van der Waals surface area contributed by atoms with Gasteiger partial charge in [-0.25, -0.2) is 12.7 Å². The molecule has 1 atom stereocenters. The molecule has 1 unspecified atom stereocenters. The fourth-order valence-electron chi connectivity index (χ4n) is 3.69. The number of sulfonamides is 1. The Morgan fingerprint density at radius 2 is 1.61 bits per heavy atom. The molecule has 0 aliphatic rings. The summed E-state index contributed by atoms with van der Waals surface area (Å²) in [6.45, 7) is 7.49. The molecule has 0 radical (unpaired) electrons. The lowest BCUT2D eigenvalue weighted by atomic mass is 10.0. The number of fused-ring (bicyclic) bond motifs is 1. The molecule has 3 aromatic rings. The summed E-state index contributed by atoms with van der Waals surface area (Å²) in [7, 11) is -0.632. The Morgan fingerprint density at radius 1 is 1.00 bits per heavy atom. The highest BCUT2D eigenvalue weighted by atomic mass is 32.2. The number of pyridine rings is 1. The minimum Gasteiger partial charge on any atom is -0.324 e. The lowest BCUT2D eigenvalue weighted by Crippen LogP contribution is -2.32. The Hall–Kier alpha value is -2.97. The van der Waals surface area contributed by atoms with Gasteiger partial charge >= 0.3 is 0 Å². The number of hydrogen-bond donors (Lipinski definition) is 1. The number of aryl methyl sites for hydroxylation is 3. The minimum absolute atomic E-state index is 0.135. The van der Waals surface area contributed by atoms with Crippen LogP contribution < -0.4 is 10.9 Å². The van der Waals surface area contributed by atoms with Gasteiger partial charge in [0.05, 0.1) is 10.4 Å². The van der Waals surface area contributed by atoms with Gasteiger partial charge in [-0.15, -0.1) is 0 Å². The summed E-state index contributed by atoms with van der Waals surface area (Å²) in [5.74, 6) is -0.365. The van der Waals surface area contributed by atoms with Crippen molar-refractivity contribution in [2.75, 3.05) is 19.4 Å². The first-order valence-electron chi connectivity index (χ1n) is 9.90. The Kier molecular flexibility index (Phi) is 6.07. The summed E-state index contributed by atoms with van der Waals surface area (Å²) in [5, 5.41) is 3.72. The van der Waals surface area contributed by atoms with Crippen LogP contribution in [0.5, 0.6) is 0 Å². The van der Waals surface area contributed by atoms with Crippen LogP contribution in [0.2, 0.25) is 0 Å². The number of amides is 1. The van der Waals surface area contributed by atoms with Gasteiger partial charge in [-0.1, -0.05) is 11.6 Å². The zero-order chi connectivity index (χ0) is 23.1. The van der Waals surface area contributed by atoms with Crippen molar-refractivity contribution in [2.45, 2.75) is 38.6 Å². The number of benzene rings is 2. The molecular weight excluding hydrogens is 414 g/mol. The van der Waals surface area contributed by atoms with Crippen LogP contribution >= 0.6 is 0 Å². The van der Waals surface area contributed by atoms with E-state index < -0.39 is 16.1 Å². The first kappa shape index (κ1) is 22.7. The number of anilines is 1. The third-order valence-electron chi connectivity index (χ3n) is 5.36. The van der Waals surface area contributed by atoms with Gasteiger partial charge in [-0.2, -0.15) is 0 Å². The second-order valence-electron chi connectivity index (χ2n) is 7.99. The highest BCUT2D eigenvalue weighted by molar-refractivity contribution is 7.89. The number of rotatable bonds is 5. The second-order valence-corrected chi connectivity index (χ2v) is 10.1. The van der Waals surface area contributed by atoms with E-state index in [9.17, 15) is 18.0 Å². The van der Waals surface area contributed by atoms with Crippen LogP contribution in [-0.4, -0.2) is 37.3 Å². The van der Waals surface area contributed by atoms with E-state index in [0.717, 1.165) is 31.9 Å². The third kappa shape index (κ3) is 4.26. The van der Waals surface area contributed by atoms with Crippen molar-refractivity contribution < 1.29 is 13.2 Å². The predicted octanol–water partition coefficient (Wildman–Crippen LogP) is 3.38. The van der Waals surface area contributed by atoms with Crippen LogP contribution in [0.3, 0.4) is 0 Å². The van der Waals surface area contributed by atoms with Crippen LogP contribution in [0.1, 0.15) is 29.7 Å². The number of hydrogen-bond acceptors (Lipinski definition) is 4. The maximum atomic E-state index is 13.0. The van der Waals surface area contributed by atoms with E-state index in [1.54, 1.807) is 13.0 Å². The van der Waals surface area contributed by atoms with Gasteiger partial charge in [-0.3, -0.25) is 14.2 Å². The van der Waals surface area contributed by atoms with Crippen molar-refractivity contribution in [1.82, 2.24) is 8.87 Å². The van der Waals surface area contributed by atoms with Crippen molar-refractivity contribution in [3.63, 3.8) is 0 Å². The number of carbonyl (C=O) groups excluding carboxylic acids is 1. The first-order chi connectivity index (χ1) is 14.4. The quantitative estimate of drug-likeness (QED) is 0.657. The molecule has 1 heterocycles. The Balaban J connectivity index is 1.96. The van der Waals surface area contributed by atoms with Crippen LogP contribution in [0.15, 0.2) is 52.2 Å². The molecule has 0 spiro atoms. The third-order valence-corrected chi connectivity index (χ3v) is 7.18. The van der Waals surface area contributed by atoms with E-state index in [1.165, 1.54) is 42.9 Å². The van der Waals surface area contributed by atoms with E-state index in [1.807, 2.05) is 32.9 Å². The zero-order valence-corrected chi connectivity index (χ0v) is 19.4. The predicted molar refractivity (Wildman–Crippen MR) is 123 cm³/mol. The van der Waals surface area contributed by atoms with Crippen LogP contribution in [0.25, 0.3) is 10.9 Å². The van der Waals surface area contributed by atoms with Crippen molar-refractivity contribution in [3.8, 4) is 0 Å². The molecule has 7 nitrogen and oxygen atoms in total. The van der Waals surface area contributed by atoms with E-state index in [2.05, 4.69) is 5.32 Å². The number of carbonyl (C=O) groups is 1. The van der Waals surface area contributed by atoms with Gasteiger partial charge in [0.25, 0.3) is 5.56 Å². The van der Waals surface area contributed by atoms with Gasteiger partial charge in [0.2, 0.25) is 15.9 Å². The van der Waals surface area contributed by atoms with Crippen LogP contribution in [0.4, 0.5) is 5.69 Å². The monoisotopic (exact) mass is 441 g/mol. The number of aromatic nitrogens is 1. The van der Waals surface area contributed by atoms with Gasteiger partial charge in [0.1, 0.15) is 6.04 Å². The van der Waals surface area contributed by atoms with E-state index in [0.29, 0.717) is 5.69 Å². The highest BCUT2D eigenvalue weighted by Gasteiger charge is 2.21. The number of nitrogens with zero attached hydrogens (tertiary/aromatic N) is 2. The van der Waals surface area contributed by atoms with Gasteiger partial charge in [0, 0.05) is 31.2 Å². The van der Waals surface area contributed by atoms with E-state index >= 15 is 0 Å². The lowest BCUT2D eigenvalue weighted by molar-refractivity contribution is -0.118. The normalized spacial score (nSPS) is 12.9. The molecule has 0 fully saturated rings. The molecule has 1 aromatic heterocycles. The fraction of sp³-hybridized carbons (Fsp3) is 0.304. The smallest absolute Gasteiger partial charge is 0.252 e. The van der Waals surface area contributed by atoms with Crippen LogP contribution in [0, 0.1) is 20.8 Å². The van der Waals surface area contributed by atoms with Crippen molar-refractivity contribution >= 4 is 32.5 Å². The molecular formula is C23H27N3O4S. The molecule has 0 bridgehead atoms. The standard InChI is InChI=1S/C23H27N3O4S/c1-14-11-16(3)22-20(12-14)15(2)13-21(27)26(22)17(4)23(28)24-18-7-9-19(10-8-18)31(29,30)25(5)6/h7-13,17H,1-6H3,(H,24,28). The second kappa shape index (κ2) is 8.28. The van der Waals surface area contributed by atoms with E-state index in [4.69, 9.17) is 0 Å². The molecule has 3 rings (SSSR count). The Labute approximate surface area is 182 Å². The summed E-state index contributed by atoms with van der Waals surface area (Å²) in [6.07, 6.45) is 0. The summed E-state index contributed by atoms with van der Waals surface area (Å²) >= 11 is 0. The SMILES string of the molecule is Cc1cc(C)c2c(c1)c(C)cc(=O)n2C(C)C(=O)Nc1ccc(S(=O)(=O)N(C)C)cc1. The molecule has 0 saturated carbocycles. The topological polar surface area (TPSA) is 88.5 Å². The van der Waals surface area contributed by atoms with E-state index in [-0.39, 0.29) is 16.4 Å². The summed E-state index contributed by atoms with van der Waals surface area (Å²) in [6, 6.07) is 10.7. The maximum absolute atomic E-state index is 13.0.